The van der Waals surface area contributed by atoms with E-state index < -0.39 is 0 Å². The normalized spacial score (nSPS) is 16.8. The standard InChI is InChI=1S/C18H25N3O.ClH/c1-13(19-2)12-17-20-18(22-21-17)16-10-8-15(9-11-16)14-6-4-3-5-7-14;/h8-11,13-14,19H,3-7,12H2,1-2H3;1H. The highest BCUT2D eigenvalue weighted by atomic mass is 35.5. The second-order valence-electron chi connectivity index (χ2n) is 6.37. The van der Waals surface area contributed by atoms with Gasteiger partial charge in [-0.2, -0.15) is 4.98 Å². The maximum absolute atomic E-state index is 5.39. The number of hydrogen-bond acceptors (Lipinski definition) is 4. The van der Waals surface area contributed by atoms with E-state index in [4.69, 9.17) is 4.52 Å². The quantitative estimate of drug-likeness (QED) is 0.882. The van der Waals surface area contributed by atoms with Crippen molar-refractivity contribution in [3.8, 4) is 11.5 Å². The minimum Gasteiger partial charge on any atom is -0.334 e. The molecule has 4 nitrogen and oxygen atoms in total. The number of rotatable bonds is 5. The molecule has 23 heavy (non-hydrogen) atoms. The van der Waals surface area contributed by atoms with Crippen LogP contribution < -0.4 is 5.32 Å². The minimum absolute atomic E-state index is 0. The summed E-state index contributed by atoms with van der Waals surface area (Å²) in [5.41, 5.74) is 2.46. The van der Waals surface area contributed by atoms with Gasteiger partial charge in [-0.15, -0.1) is 12.4 Å². The molecule has 1 fully saturated rings. The van der Waals surface area contributed by atoms with Crippen LogP contribution in [0.4, 0.5) is 0 Å². The Balaban J connectivity index is 0.00000192. The van der Waals surface area contributed by atoms with E-state index in [1.54, 1.807) is 0 Å². The third kappa shape index (κ3) is 4.55. The van der Waals surface area contributed by atoms with Crippen LogP contribution in [-0.2, 0) is 6.42 Å². The van der Waals surface area contributed by atoms with Crippen molar-refractivity contribution in [2.45, 2.75) is 57.4 Å². The molecule has 126 valence electrons. The van der Waals surface area contributed by atoms with Gasteiger partial charge in [0, 0.05) is 18.0 Å². The van der Waals surface area contributed by atoms with Gasteiger partial charge in [0.2, 0.25) is 0 Å². The van der Waals surface area contributed by atoms with Crippen molar-refractivity contribution in [2.75, 3.05) is 7.05 Å². The molecule has 1 aromatic heterocycles. The van der Waals surface area contributed by atoms with Crippen LogP contribution in [0, 0.1) is 0 Å². The van der Waals surface area contributed by atoms with E-state index in [1.165, 1.54) is 37.7 Å². The van der Waals surface area contributed by atoms with Crippen LogP contribution in [0.5, 0.6) is 0 Å². The molecule has 1 unspecified atom stereocenters. The van der Waals surface area contributed by atoms with Gasteiger partial charge in [0.15, 0.2) is 5.82 Å². The molecule has 1 aliphatic carbocycles. The van der Waals surface area contributed by atoms with E-state index in [0.29, 0.717) is 11.9 Å². The van der Waals surface area contributed by atoms with Crippen LogP contribution in [-0.4, -0.2) is 23.2 Å². The summed E-state index contributed by atoms with van der Waals surface area (Å²) < 4.78 is 5.39. The molecular formula is C18H26ClN3O. The molecule has 1 aliphatic rings. The van der Waals surface area contributed by atoms with E-state index >= 15 is 0 Å². The number of benzene rings is 1. The lowest BCUT2D eigenvalue weighted by atomic mass is 9.84. The zero-order valence-corrected chi connectivity index (χ0v) is 14.7. The Labute approximate surface area is 144 Å². The number of aromatic nitrogens is 2. The van der Waals surface area contributed by atoms with Gasteiger partial charge in [-0.05, 0) is 50.4 Å². The first-order chi connectivity index (χ1) is 10.8. The molecule has 1 N–H and O–H groups in total. The molecule has 0 spiro atoms. The summed E-state index contributed by atoms with van der Waals surface area (Å²) in [5, 5.41) is 7.25. The predicted molar refractivity (Wildman–Crippen MR) is 95.0 cm³/mol. The first-order valence-electron chi connectivity index (χ1n) is 8.36. The van der Waals surface area contributed by atoms with Gasteiger partial charge in [-0.3, -0.25) is 0 Å². The average molecular weight is 336 g/mol. The molecule has 1 saturated carbocycles. The van der Waals surface area contributed by atoms with Crippen LogP contribution in [0.25, 0.3) is 11.5 Å². The maximum Gasteiger partial charge on any atom is 0.257 e. The molecular weight excluding hydrogens is 310 g/mol. The SMILES string of the molecule is CNC(C)Cc1noc(-c2ccc(C3CCCCC3)cc2)n1.Cl. The molecule has 0 aliphatic heterocycles. The minimum atomic E-state index is 0. The maximum atomic E-state index is 5.39. The third-order valence-electron chi connectivity index (χ3n) is 4.68. The molecule has 0 saturated heterocycles. The lowest BCUT2D eigenvalue weighted by Gasteiger charge is -2.21. The fraction of sp³-hybridized carbons (Fsp3) is 0.556. The van der Waals surface area contributed by atoms with Gasteiger partial charge in [-0.1, -0.05) is 36.6 Å². The summed E-state index contributed by atoms with van der Waals surface area (Å²) in [5.74, 6) is 2.11. The Bertz CT molecular complexity index is 591. The number of halogens is 1. The van der Waals surface area contributed by atoms with Crippen LogP contribution >= 0.6 is 12.4 Å². The summed E-state index contributed by atoms with van der Waals surface area (Å²) in [4.78, 5) is 4.49. The lowest BCUT2D eigenvalue weighted by Crippen LogP contribution is -2.24. The fourth-order valence-electron chi connectivity index (χ4n) is 3.16. The van der Waals surface area contributed by atoms with Crippen molar-refractivity contribution in [3.05, 3.63) is 35.7 Å². The predicted octanol–water partition coefficient (Wildman–Crippen LogP) is 4.36. The first kappa shape index (κ1) is 18.0. The van der Waals surface area contributed by atoms with E-state index in [-0.39, 0.29) is 12.4 Å². The Morgan fingerprint density at radius 1 is 1.17 bits per heavy atom. The van der Waals surface area contributed by atoms with Crippen molar-refractivity contribution >= 4 is 12.4 Å². The number of nitrogens with zero attached hydrogens (tertiary/aromatic N) is 2. The molecule has 3 rings (SSSR count). The molecule has 0 amide bonds. The van der Waals surface area contributed by atoms with Crippen molar-refractivity contribution in [2.24, 2.45) is 0 Å². The third-order valence-corrected chi connectivity index (χ3v) is 4.68. The van der Waals surface area contributed by atoms with Gasteiger partial charge < -0.3 is 9.84 Å². The van der Waals surface area contributed by atoms with Gasteiger partial charge in [0.25, 0.3) is 5.89 Å². The fourth-order valence-corrected chi connectivity index (χ4v) is 3.16. The van der Waals surface area contributed by atoms with Gasteiger partial charge in [0.05, 0.1) is 0 Å². The molecule has 1 heterocycles. The molecule has 1 atom stereocenters. The first-order valence-corrected chi connectivity index (χ1v) is 8.36. The van der Waals surface area contributed by atoms with Crippen molar-refractivity contribution in [3.63, 3.8) is 0 Å². The van der Waals surface area contributed by atoms with E-state index in [9.17, 15) is 0 Å². The lowest BCUT2D eigenvalue weighted by molar-refractivity contribution is 0.418. The van der Waals surface area contributed by atoms with Gasteiger partial charge in [0.1, 0.15) is 0 Å². The number of hydrogen-bond donors (Lipinski definition) is 1. The van der Waals surface area contributed by atoms with Crippen LogP contribution in [0.3, 0.4) is 0 Å². The molecule has 1 aromatic carbocycles. The van der Waals surface area contributed by atoms with Crippen LogP contribution in [0.15, 0.2) is 28.8 Å². The van der Waals surface area contributed by atoms with E-state index in [1.807, 2.05) is 7.05 Å². The summed E-state index contributed by atoms with van der Waals surface area (Å²) in [7, 11) is 1.94. The highest BCUT2D eigenvalue weighted by molar-refractivity contribution is 5.85. The second kappa shape index (κ2) is 8.46. The van der Waals surface area contributed by atoms with Crippen LogP contribution in [0.2, 0.25) is 0 Å². The second-order valence-corrected chi connectivity index (χ2v) is 6.37. The highest BCUT2D eigenvalue weighted by Gasteiger charge is 2.16. The van der Waals surface area contributed by atoms with Crippen molar-refractivity contribution in [1.82, 2.24) is 15.5 Å². The Hall–Kier alpha value is -1.39. The molecule has 0 bridgehead atoms. The van der Waals surface area contributed by atoms with E-state index in [0.717, 1.165) is 23.7 Å². The number of likely N-dealkylation sites (N-methyl/N-ethyl adjacent to an activating group) is 1. The topological polar surface area (TPSA) is 51.0 Å². The summed E-state index contributed by atoms with van der Waals surface area (Å²) in [6, 6.07) is 9.03. The van der Waals surface area contributed by atoms with Crippen LogP contribution in [0.1, 0.15) is 56.3 Å². The summed E-state index contributed by atoms with van der Waals surface area (Å²) in [6.45, 7) is 2.11. The molecule has 5 heteroatoms. The average Bonchev–Trinajstić information content (AvgIpc) is 3.04. The number of nitrogens with one attached hydrogen (secondary N) is 1. The monoisotopic (exact) mass is 335 g/mol. The highest BCUT2D eigenvalue weighted by Crippen LogP contribution is 2.33. The molecule has 0 radical (unpaired) electrons. The smallest absolute Gasteiger partial charge is 0.257 e. The zero-order chi connectivity index (χ0) is 15.4. The van der Waals surface area contributed by atoms with E-state index in [2.05, 4.69) is 46.6 Å². The van der Waals surface area contributed by atoms with Gasteiger partial charge in [-0.25, -0.2) is 0 Å². The Morgan fingerprint density at radius 3 is 2.52 bits per heavy atom. The largest absolute Gasteiger partial charge is 0.334 e. The van der Waals surface area contributed by atoms with Crippen molar-refractivity contribution < 1.29 is 4.52 Å². The zero-order valence-electron chi connectivity index (χ0n) is 13.9. The Morgan fingerprint density at radius 2 is 1.87 bits per heavy atom. The summed E-state index contributed by atoms with van der Waals surface area (Å²) >= 11 is 0. The Kier molecular flexibility index (Phi) is 6.60. The summed E-state index contributed by atoms with van der Waals surface area (Å²) in [6.07, 6.45) is 7.55. The van der Waals surface area contributed by atoms with Crippen molar-refractivity contribution in [1.29, 1.82) is 0 Å². The molecule has 2 aromatic rings. The van der Waals surface area contributed by atoms with Gasteiger partial charge >= 0.3 is 0 Å².